The van der Waals surface area contributed by atoms with Crippen LogP contribution in [0.3, 0.4) is 0 Å². The fourth-order valence-electron chi connectivity index (χ4n) is 0.181. The molecule has 0 heterocycles. The van der Waals surface area contributed by atoms with Gasteiger partial charge < -0.3 is 4.74 Å². The lowest BCUT2D eigenvalue weighted by molar-refractivity contribution is 0.292. The molecule has 0 N–H and O–H groups in total. The maximum Gasteiger partial charge on any atom is 0.111 e. The summed E-state index contributed by atoms with van der Waals surface area (Å²) in [5.41, 5.74) is 0. The average Bonchev–Trinajstić information content (AvgIpc) is 1.68. The van der Waals surface area contributed by atoms with E-state index in [1.165, 1.54) is 0 Å². The van der Waals surface area contributed by atoms with Crippen molar-refractivity contribution in [2.24, 2.45) is 4.99 Å². The molecule has 0 bridgehead atoms. The average molecular weight is 99.1 g/mol. The van der Waals surface area contributed by atoms with Crippen LogP contribution in [0.4, 0.5) is 0 Å². The molecule has 0 aromatic heterocycles. The van der Waals surface area contributed by atoms with E-state index in [1.54, 1.807) is 13.3 Å². The molecule has 0 aliphatic rings. The summed E-state index contributed by atoms with van der Waals surface area (Å²) in [7, 11) is 1.59. The minimum atomic E-state index is 0.773. The standard InChI is InChI=1S/C5H9NO/c1-5(7-3)4-6-2/h4H,2H2,1,3H3/b5-4-. The van der Waals surface area contributed by atoms with Crippen LogP contribution in [-0.4, -0.2) is 13.8 Å². The highest BCUT2D eigenvalue weighted by atomic mass is 16.5. The molecular weight excluding hydrogens is 90.1 g/mol. The number of methoxy groups -OCH3 is 1. The Morgan fingerprint density at radius 1 is 1.86 bits per heavy atom. The van der Waals surface area contributed by atoms with E-state index in [0.717, 1.165) is 5.76 Å². The van der Waals surface area contributed by atoms with Gasteiger partial charge in [-0.25, -0.2) is 0 Å². The summed E-state index contributed by atoms with van der Waals surface area (Å²) in [5, 5.41) is 0. The van der Waals surface area contributed by atoms with Crippen LogP contribution in [0, 0.1) is 0 Å². The van der Waals surface area contributed by atoms with Gasteiger partial charge in [0.2, 0.25) is 0 Å². The van der Waals surface area contributed by atoms with Crippen LogP contribution in [0.15, 0.2) is 17.0 Å². The van der Waals surface area contributed by atoms with Gasteiger partial charge in [0, 0.05) is 0 Å². The zero-order chi connectivity index (χ0) is 5.70. The van der Waals surface area contributed by atoms with Crippen molar-refractivity contribution < 1.29 is 4.74 Å². The van der Waals surface area contributed by atoms with Crippen LogP contribution in [0.5, 0.6) is 0 Å². The van der Waals surface area contributed by atoms with Crippen molar-refractivity contribution in [3.63, 3.8) is 0 Å². The molecule has 0 saturated heterocycles. The molecule has 7 heavy (non-hydrogen) atoms. The molecule has 2 nitrogen and oxygen atoms in total. The van der Waals surface area contributed by atoms with Crippen molar-refractivity contribution in [3.05, 3.63) is 12.0 Å². The molecule has 0 spiro atoms. The number of rotatable bonds is 2. The number of aliphatic imine (C=N–C) groups is 1. The fourth-order valence-corrected chi connectivity index (χ4v) is 0.181. The van der Waals surface area contributed by atoms with Gasteiger partial charge in [0.25, 0.3) is 0 Å². The molecule has 0 amide bonds. The maximum absolute atomic E-state index is 4.72. The van der Waals surface area contributed by atoms with Crippen molar-refractivity contribution in [1.82, 2.24) is 0 Å². The van der Waals surface area contributed by atoms with Gasteiger partial charge in [0.05, 0.1) is 13.3 Å². The molecule has 0 radical (unpaired) electrons. The summed E-state index contributed by atoms with van der Waals surface area (Å²) >= 11 is 0. The molecule has 0 aliphatic carbocycles. The third-order valence-electron chi connectivity index (χ3n) is 0.595. The Hall–Kier alpha value is -0.790. The quantitative estimate of drug-likeness (QED) is 0.376. The van der Waals surface area contributed by atoms with Crippen LogP contribution < -0.4 is 0 Å². The number of allylic oxidation sites excluding steroid dienone is 1. The van der Waals surface area contributed by atoms with Gasteiger partial charge in [-0.15, -0.1) is 0 Å². The molecule has 0 aromatic carbocycles. The molecule has 0 fully saturated rings. The van der Waals surface area contributed by atoms with Gasteiger partial charge in [0.15, 0.2) is 0 Å². The van der Waals surface area contributed by atoms with Gasteiger partial charge in [-0.1, -0.05) is 0 Å². The Morgan fingerprint density at radius 3 is 2.57 bits per heavy atom. The van der Waals surface area contributed by atoms with Crippen LogP contribution >= 0.6 is 0 Å². The summed E-state index contributed by atoms with van der Waals surface area (Å²) in [6.45, 7) is 5.06. The number of hydrogen-bond acceptors (Lipinski definition) is 2. The first kappa shape index (κ1) is 6.21. The minimum Gasteiger partial charge on any atom is -0.500 e. The molecule has 0 unspecified atom stereocenters. The van der Waals surface area contributed by atoms with Crippen molar-refractivity contribution >= 4 is 6.72 Å². The van der Waals surface area contributed by atoms with Crippen molar-refractivity contribution in [1.29, 1.82) is 0 Å². The van der Waals surface area contributed by atoms with Crippen LogP contribution in [-0.2, 0) is 4.74 Å². The maximum atomic E-state index is 4.72. The lowest BCUT2D eigenvalue weighted by Crippen LogP contribution is -1.74. The van der Waals surface area contributed by atoms with E-state index in [2.05, 4.69) is 11.7 Å². The van der Waals surface area contributed by atoms with E-state index in [1.807, 2.05) is 6.92 Å². The topological polar surface area (TPSA) is 21.6 Å². The first-order valence-electron chi connectivity index (χ1n) is 1.98. The second-order valence-corrected chi connectivity index (χ2v) is 1.13. The largest absolute Gasteiger partial charge is 0.500 e. The van der Waals surface area contributed by atoms with Crippen LogP contribution in [0.2, 0.25) is 0 Å². The van der Waals surface area contributed by atoms with Gasteiger partial charge in [0.1, 0.15) is 5.76 Å². The summed E-state index contributed by atoms with van der Waals surface area (Å²) in [5.74, 6) is 0.773. The van der Waals surface area contributed by atoms with Crippen molar-refractivity contribution in [2.75, 3.05) is 7.11 Å². The summed E-state index contributed by atoms with van der Waals surface area (Å²) in [4.78, 5) is 3.47. The second-order valence-electron chi connectivity index (χ2n) is 1.13. The van der Waals surface area contributed by atoms with E-state index in [9.17, 15) is 0 Å². The Balaban J connectivity index is 3.49. The molecule has 0 rings (SSSR count). The number of nitrogens with zero attached hydrogens (tertiary/aromatic N) is 1. The van der Waals surface area contributed by atoms with Gasteiger partial charge in [-0.3, -0.25) is 4.99 Å². The second kappa shape index (κ2) is 3.40. The SMILES string of the molecule is C=N/C=C(/C)OC. The fraction of sp³-hybridized carbons (Fsp3) is 0.400. The molecular formula is C5H9NO. The number of ether oxygens (including phenoxy) is 1. The molecule has 0 saturated carbocycles. The highest BCUT2D eigenvalue weighted by Crippen LogP contribution is 1.89. The molecule has 0 aliphatic heterocycles. The predicted molar refractivity (Wildman–Crippen MR) is 30.3 cm³/mol. The Bertz CT molecular complexity index is 86.1. The summed E-state index contributed by atoms with van der Waals surface area (Å²) in [6, 6.07) is 0. The Kier molecular flexibility index (Phi) is 3.02. The molecule has 2 heteroatoms. The highest BCUT2D eigenvalue weighted by molar-refractivity contribution is 5.25. The van der Waals surface area contributed by atoms with Crippen LogP contribution in [0.25, 0.3) is 0 Å². The molecule has 0 atom stereocenters. The third kappa shape index (κ3) is 3.03. The zero-order valence-electron chi connectivity index (χ0n) is 4.64. The van der Waals surface area contributed by atoms with E-state index in [4.69, 9.17) is 4.74 Å². The first-order chi connectivity index (χ1) is 3.31. The minimum absolute atomic E-state index is 0.773. The smallest absolute Gasteiger partial charge is 0.111 e. The van der Waals surface area contributed by atoms with Gasteiger partial charge in [-0.05, 0) is 13.6 Å². The van der Waals surface area contributed by atoms with Crippen molar-refractivity contribution in [2.45, 2.75) is 6.92 Å². The highest BCUT2D eigenvalue weighted by Gasteiger charge is 1.75. The van der Waals surface area contributed by atoms with E-state index < -0.39 is 0 Å². The Morgan fingerprint density at radius 2 is 2.43 bits per heavy atom. The normalized spacial score (nSPS) is 10.9. The van der Waals surface area contributed by atoms with Gasteiger partial charge in [-0.2, -0.15) is 0 Å². The third-order valence-corrected chi connectivity index (χ3v) is 0.595. The lowest BCUT2D eigenvalue weighted by atomic mass is 10.6. The zero-order valence-corrected chi connectivity index (χ0v) is 4.64. The number of hydrogen-bond donors (Lipinski definition) is 0. The van der Waals surface area contributed by atoms with E-state index in [0.29, 0.717) is 0 Å². The summed E-state index contributed by atoms with van der Waals surface area (Å²) < 4.78 is 4.72. The van der Waals surface area contributed by atoms with E-state index in [-0.39, 0.29) is 0 Å². The van der Waals surface area contributed by atoms with Crippen LogP contribution in [0.1, 0.15) is 6.92 Å². The van der Waals surface area contributed by atoms with Crippen molar-refractivity contribution in [3.8, 4) is 0 Å². The van der Waals surface area contributed by atoms with Gasteiger partial charge >= 0.3 is 0 Å². The molecule has 0 aromatic rings. The molecule has 40 valence electrons. The Labute approximate surface area is 43.5 Å². The summed E-state index contributed by atoms with van der Waals surface area (Å²) in [6.07, 6.45) is 1.56. The predicted octanol–water partition coefficient (Wildman–Crippen LogP) is 1.19. The monoisotopic (exact) mass is 99.1 g/mol. The first-order valence-corrected chi connectivity index (χ1v) is 1.98. The lowest BCUT2D eigenvalue weighted by Gasteiger charge is -1.91. The van der Waals surface area contributed by atoms with E-state index >= 15 is 0 Å².